The zero-order chi connectivity index (χ0) is 23.7. The molecular weight excluding hydrogens is 460 g/mol. The van der Waals surface area contributed by atoms with Crippen molar-refractivity contribution < 1.29 is 14.3 Å². The number of fused-ring (bicyclic) bond motifs is 1. The van der Waals surface area contributed by atoms with Gasteiger partial charge in [0, 0.05) is 16.6 Å². The Kier molecular flexibility index (Phi) is 6.00. The molecule has 3 aromatic rings. The predicted molar refractivity (Wildman–Crippen MR) is 128 cm³/mol. The van der Waals surface area contributed by atoms with E-state index < -0.39 is 23.4 Å². The molecule has 10 heteroatoms. The molecule has 0 spiro atoms. The van der Waals surface area contributed by atoms with Gasteiger partial charge in [0.15, 0.2) is 0 Å². The van der Waals surface area contributed by atoms with Crippen molar-refractivity contribution in [3.63, 3.8) is 0 Å². The smallest absolute Gasteiger partial charge is 0.332 e. The van der Waals surface area contributed by atoms with E-state index in [2.05, 4.69) is 16.1 Å². The molecule has 0 bridgehead atoms. The molecule has 1 amide bonds. The molecule has 0 fully saturated rings. The van der Waals surface area contributed by atoms with Crippen molar-refractivity contribution in [2.75, 3.05) is 12.4 Å². The number of esters is 1. The number of amides is 1. The van der Waals surface area contributed by atoms with Crippen LogP contribution in [0.5, 0.6) is 0 Å². The van der Waals surface area contributed by atoms with Gasteiger partial charge in [-0.15, -0.1) is 22.7 Å². The summed E-state index contributed by atoms with van der Waals surface area (Å²) < 4.78 is 6.06. The number of hydrogen-bond acceptors (Lipinski definition) is 8. The van der Waals surface area contributed by atoms with Crippen LogP contribution in [-0.4, -0.2) is 23.6 Å². The van der Waals surface area contributed by atoms with E-state index in [1.807, 2.05) is 36.6 Å². The number of anilines is 1. The van der Waals surface area contributed by atoms with Gasteiger partial charge in [0.2, 0.25) is 0 Å². The lowest BCUT2D eigenvalue weighted by molar-refractivity contribution is -0.133. The highest BCUT2D eigenvalue weighted by Gasteiger charge is 2.36. The second-order valence-electron chi connectivity index (χ2n) is 7.17. The Morgan fingerprint density at radius 2 is 2.00 bits per heavy atom. The summed E-state index contributed by atoms with van der Waals surface area (Å²) in [6.45, 7) is 1.94. The molecule has 3 N–H and O–H groups in total. The predicted octanol–water partition coefficient (Wildman–Crippen LogP) is 1.47. The Balaban J connectivity index is 2.02. The van der Waals surface area contributed by atoms with Crippen molar-refractivity contribution in [1.82, 2.24) is 4.57 Å². The Bertz CT molecular complexity index is 1500. The first-order valence-electron chi connectivity index (χ1n) is 9.73. The van der Waals surface area contributed by atoms with Crippen LogP contribution in [0, 0.1) is 18.3 Å². The number of nitriles is 1. The van der Waals surface area contributed by atoms with Crippen LogP contribution in [0.2, 0.25) is 0 Å². The number of ether oxygens (including phenoxy) is 1. The number of hydrogen-bond donors (Lipinski definition) is 2. The lowest BCUT2D eigenvalue weighted by Gasteiger charge is -2.24. The average Bonchev–Trinajstić information content (AvgIpc) is 3.44. The van der Waals surface area contributed by atoms with Crippen LogP contribution in [0.4, 0.5) is 5.69 Å². The van der Waals surface area contributed by atoms with Gasteiger partial charge in [-0.3, -0.25) is 14.2 Å². The third kappa shape index (κ3) is 4.00. The summed E-state index contributed by atoms with van der Waals surface area (Å²) in [5.41, 5.74) is 7.55. The monoisotopic (exact) mass is 478 g/mol. The van der Waals surface area contributed by atoms with Crippen LogP contribution in [0.15, 0.2) is 52.1 Å². The van der Waals surface area contributed by atoms with Crippen LogP contribution in [-0.2, 0) is 14.3 Å². The van der Waals surface area contributed by atoms with Crippen LogP contribution < -0.4 is 25.8 Å². The first-order valence-corrected chi connectivity index (χ1v) is 11.4. The van der Waals surface area contributed by atoms with Crippen molar-refractivity contribution in [3.8, 4) is 6.07 Å². The maximum Gasteiger partial charge on any atom is 0.332 e. The Morgan fingerprint density at radius 3 is 2.61 bits per heavy atom. The van der Waals surface area contributed by atoms with Crippen LogP contribution >= 0.6 is 22.7 Å². The van der Waals surface area contributed by atoms with E-state index in [1.165, 1.54) is 18.4 Å². The molecule has 1 aliphatic heterocycles. The number of aromatic nitrogens is 1. The van der Waals surface area contributed by atoms with E-state index in [0.29, 0.717) is 5.69 Å². The van der Waals surface area contributed by atoms with E-state index in [9.17, 15) is 19.6 Å². The summed E-state index contributed by atoms with van der Waals surface area (Å²) in [6, 6.07) is 13.0. The van der Waals surface area contributed by atoms with Gasteiger partial charge < -0.3 is 15.8 Å². The SMILES string of the molecule is COC(=O)/C=c1\sc2n(c1=O)C(N)=C(C#N)C(c1cccs1)C=2C(=O)Nc1ccc(C)cc1. The van der Waals surface area contributed by atoms with Gasteiger partial charge in [0.05, 0.1) is 30.2 Å². The van der Waals surface area contributed by atoms with Gasteiger partial charge in [-0.25, -0.2) is 4.79 Å². The molecule has 0 aliphatic carbocycles. The van der Waals surface area contributed by atoms with Crippen molar-refractivity contribution in [3.05, 3.63) is 77.3 Å². The second-order valence-corrected chi connectivity index (χ2v) is 9.18. The number of aryl methyl sites for hydroxylation is 1. The summed E-state index contributed by atoms with van der Waals surface area (Å²) in [4.78, 5) is 39.1. The van der Waals surface area contributed by atoms with Crippen molar-refractivity contribution in [2.45, 2.75) is 12.8 Å². The molecule has 0 radical (unpaired) electrons. The van der Waals surface area contributed by atoms with E-state index >= 15 is 0 Å². The topological polar surface area (TPSA) is 127 Å². The maximum absolute atomic E-state index is 13.6. The lowest BCUT2D eigenvalue weighted by atomic mass is 9.88. The summed E-state index contributed by atoms with van der Waals surface area (Å²) in [5.74, 6) is -2.01. The third-order valence-electron chi connectivity index (χ3n) is 5.10. The molecule has 2 aromatic heterocycles. The van der Waals surface area contributed by atoms with Gasteiger partial charge in [-0.2, -0.15) is 5.26 Å². The number of carbonyl (C=O) groups is 2. The first-order chi connectivity index (χ1) is 15.8. The number of thiophene rings is 1. The number of methoxy groups -OCH3 is 1. The van der Waals surface area contributed by atoms with E-state index in [0.717, 1.165) is 32.4 Å². The zero-order valence-corrected chi connectivity index (χ0v) is 19.3. The molecule has 3 heterocycles. The average molecular weight is 479 g/mol. The standard InChI is InChI=1S/C23H18N4O4S2/c1-12-5-7-13(8-6-12)26-21(29)19-18(15-4-3-9-32-15)14(11-24)20(25)27-22(30)16(33-23(19)27)10-17(28)31-2/h3-10,18H,25H2,1-2H3,(H,26,29)/b16-10-. The van der Waals surface area contributed by atoms with Gasteiger partial charge in [0.25, 0.3) is 11.5 Å². The molecule has 1 atom stereocenters. The number of carbonyl (C=O) groups excluding carboxylic acids is 2. The first kappa shape index (κ1) is 22.3. The van der Waals surface area contributed by atoms with Gasteiger partial charge in [0.1, 0.15) is 15.0 Å². The van der Waals surface area contributed by atoms with Crippen LogP contribution in [0.25, 0.3) is 17.5 Å². The summed E-state index contributed by atoms with van der Waals surface area (Å²) in [6.07, 6.45) is 1.05. The van der Waals surface area contributed by atoms with E-state index in [1.54, 1.807) is 12.1 Å². The summed E-state index contributed by atoms with van der Waals surface area (Å²) in [7, 11) is 1.20. The fraction of sp³-hybridized carbons (Fsp3) is 0.130. The van der Waals surface area contributed by atoms with Crippen LogP contribution in [0.1, 0.15) is 16.4 Å². The van der Waals surface area contributed by atoms with Gasteiger partial charge in [-0.05, 0) is 30.5 Å². The summed E-state index contributed by atoms with van der Waals surface area (Å²) in [5, 5.41) is 14.6. The minimum Gasteiger partial charge on any atom is -0.466 e. The molecule has 0 saturated carbocycles. The number of nitrogens with two attached hydrogens (primary N) is 1. The molecule has 1 unspecified atom stereocenters. The lowest BCUT2D eigenvalue weighted by Crippen LogP contribution is -2.40. The molecule has 8 nitrogen and oxygen atoms in total. The number of thiazole rings is 1. The highest BCUT2D eigenvalue weighted by molar-refractivity contribution is 7.10. The maximum atomic E-state index is 13.6. The highest BCUT2D eigenvalue weighted by Crippen LogP contribution is 2.38. The minimum absolute atomic E-state index is 0.0459. The molecule has 1 aliphatic rings. The number of benzene rings is 1. The number of allylic oxidation sites excluding steroid dienone is 1. The van der Waals surface area contributed by atoms with Crippen LogP contribution in [0.3, 0.4) is 0 Å². The molecule has 4 rings (SSSR count). The largest absolute Gasteiger partial charge is 0.466 e. The minimum atomic E-state index is -0.760. The van der Waals surface area contributed by atoms with Crippen molar-refractivity contribution in [2.24, 2.45) is 5.73 Å². The fourth-order valence-corrected chi connectivity index (χ4v) is 5.49. The van der Waals surface area contributed by atoms with Crippen molar-refractivity contribution in [1.29, 1.82) is 5.26 Å². The second kappa shape index (κ2) is 8.90. The summed E-state index contributed by atoms with van der Waals surface area (Å²) >= 11 is 2.32. The molecule has 33 heavy (non-hydrogen) atoms. The molecule has 1 aromatic carbocycles. The number of rotatable bonds is 4. The number of nitrogens with zero attached hydrogens (tertiary/aromatic N) is 2. The molecule has 166 valence electrons. The third-order valence-corrected chi connectivity index (χ3v) is 7.15. The zero-order valence-electron chi connectivity index (χ0n) is 17.6. The highest BCUT2D eigenvalue weighted by atomic mass is 32.1. The molecule has 0 saturated heterocycles. The Morgan fingerprint density at radius 1 is 1.27 bits per heavy atom. The van der Waals surface area contributed by atoms with Gasteiger partial charge in [-0.1, -0.05) is 23.8 Å². The van der Waals surface area contributed by atoms with E-state index in [4.69, 9.17) is 5.73 Å². The normalized spacial score (nSPS) is 15.7. The number of nitrogens with one attached hydrogen (secondary N) is 1. The van der Waals surface area contributed by atoms with Gasteiger partial charge >= 0.3 is 5.97 Å². The quantitative estimate of drug-likeness (QED) is 0.547. The fourth-order valence-electron chi connectivity index (χ4n) is 3.51. The Labute approximate surface area is 196 Å². The molecular formula is C23H18N4O4S2. The van der Waals surface area contributed by atoms with E-state index in [-0.39, 0.29) is 26.2 Å². The van der Waals surface area contributed by atoms with Crippen molar-refractivity contribution >= 4 is 57.7 Å². The Hall–Kier alpha value is -3.94.